The molecule has 1 heterocycles. The Bertz CT molecular complexity index is 775. The minimum atomic E-state index is -0.410. The van der Waals surface area contributed by atoms with Crippen LogP contribution in [0, 0.1) is 5.82 Å². The molecule has 0 saturated carbocycles. The van der Waals surface area contributed by atoms with Crippen LogP contribution in [0.3, 0.4) is 0 Å². The number of halogens is 1. The third kappa shape index (κ3) is 2.83. The maximum absolute atomic E-state index is 13.8. The van der Waals surface area contributed by atoms with Gasteiger partial charge in [-0.05, 0) is 35.4 Å². The van der Waals surface area contributed by atoms with Gasteiger partial charge in [0.15, 0.2) is 0 Å². The van der Waals surface area contributed by atoms with Gasteiger partial charge in [-0.2, -0.15) is 0 Å². The summed E-state index contributed by atoms with van der Waals surface area (Å²) >= 11 is 0. The van der Waals surface area contributed by atoms with Crippen molar-refractivity contribution in [1.82, 2.24) is 15.5 Å². The summed E-state index contributed by atoms with van der Waals surface area (Å²) in [4.78, 5) is 13.5. The van der Waals surface area contributed by atoms with E-state index in [4.69, 9.17) is 5.73 Å². The molecule has 1 aliphatic rings. The molecular weight excluding hydrogens is 295 g/mol. The third-order valence-electron chi connectivity index (χ3n) is 3.72. The van der Waals surface area contributed by atoms with Gasteiger partial charge < -0.3 is 16.4 Å². The zero-order valence-electron chi connectivity index (χ0n) is 12.6. The molecule has 0 bridgehead atoms. The summed E-state index contributed by atoms with van der Waals surface area (Å²) in [6.45, 7) is 0. The number of hydrogen-bond donors (Lipinski definition) is 3. The highest BCUT2D eigenvalue weighted by Gasteiger charge is 2.27. The van der Waals surface area contributed by atoms with Crippen molar-refractivity contribution in [3.05, 3.63) is 66.2 Å². The van der Waals surface area contributed by atoms with Gasteiger partial charge >= 0.3 is 6.03 Å². The van der Waals surface area contributed by atoms with Crippen molar-refractivity contribution in [3.8, 4) is 11.1 Å². The lowest BCUT2D eigenvalue weighted by atomic mass is 9.97. The Labute approximate surface area is 133 Å². The Morgan fingerprint density at radius 1 is 1.30 bits per heavy atom. The van der Waals surface area contributed by atoms with Gasteiger partial charge in [0.25, 0.3) is 0 Å². The number of rotatable bonds is 2. The fourth-order valence-electron chi connectivity index (χ4n) is 2.66. The van der Waals surface area contributed by atoms with E-state index in [1.165, 1.54) is 17.0 Å². The van der Waals surface area contributed by atoms with Crippen molar-refractivity contribution < 1.29 is 9.18 Å². The van der Waals surface area contributed by atoms with Gasteiger partial charge in [0.05, 0.1) is 0 Å². The number of urea groups is 1. The third-order valence-corrected chi connectivity index (χ3v) is 3.72. The molecule has 1 atom stereocenters. The monoisotopic (exact) mass is 312 g/mol. The quantitative estimate of drug-likeness (QED) is 0.747. The second-order valence-corrected chi connectivity index (χ2v) is 5.20. The van der Waals surface area contributed by atoms with Crippen molar-refractivity contribution in [1.29, 1.82) is 0 Å². The maximum Gasteiger partial charge on any atom is 0.323 e. The van der Waals surface area contributed by atoms with E-state index in [1.807, 2.05) is 12.1 Å². The van der Waals surface area contributed by atoms with Crippen LogP contribution in [0.15, 0.2) is 54.9 Å². The van der Waals surface area contributed by atoms with Crippen LogP contribution in [0.5, 0.6) is 0 Å². The summed E-state index contributed by atoms with van der Waals surface area (Å²) in [5, 5.41) is 5.70. The second kappa shape index (κ2) is 6.00. The van der Waals surface area contributed by atoms with E-state index < -0.39 is 6.17 Å². The van der Waals surface area contributed by atoms with Crippen LogP contribution in [-0.2, 0) is 0 Å². The number of benzene rings is 2. The predicted octanol–water partition coefficient (Wildman–Crippen LogP) is 2.79. The number of hydrogen-bond acceptors (Lipinski definition) is 3. The van der Waals surface area contributed by atoms with E-state index >= 15 is 0 Å². The molecule has 1 unspecified atom stereocenters. The molecule has 3 rings (SSSR count). The molecule has 23 heavy (non-hydrogen) atoms. The zero-order valence-corrected chi connectivity index (χ0v) is 12.6. The molecule has 0 radical (unpaired) electrons. The maximum atomic E-state index is 13.8. The summed E-state index contributed by atoms with van der Waals surface area (Å²) in [6.07, 6.45) is 2.93. The molecule has 2 aromatic rings. The number of nitrogens with two attached hydrogens (primary N) is 1. The van der Waals surface area contributed by atoms with Crippen LogP contribution < -0.4 is 16.4 Å². The van der Waals surface area contributed by atoms with Crippen LogP contribution in [0.4, 0.5) is 14.9 Å². The number of nitrogens with one attached hydrogen (secondary N) is 2. The molecule has 0 saturated heterocycles. The van der Waals surface area contributed by atoms with Gasteiger partial charge in [0, 0.05) is 30.7 Å². The largest absolute Gasteiger partial charge is 0.399 e. The van der Waals surface area contributed by atoms with Crippen LogP contribution in [0.25, 0.3) is 11.1 Å². The normalized spacial score (nSPS) is 16.3. The fraction of sp³-hybridized carbons (Fsp3) is 0.118. The minimum Gasteiger partial charge on any atom is -0.399 e. The SMILES string of the molecule is CNC(=O)N1C=CNC1c1ccc(F)cc1-c1cccc(N)c1. The lowest BCUT2D eigenvalue weighted by Crippen LogP contribution is -2.38. The average Bonchev–Trinajstić information content (AvgIpc) is 3.03. The number of amides is 2. The van der Waals surface area contributed by atoms with E-state index in [0.717, 1.165) is 11.1 Å². The first kappa shape index (κ1) is 14.9. The molecule has 2 amide bonds. The number of nitrogens with zero attached hydrogens (tertiary/aromatic N) is 1. The molecular formula is C17H17FN4O. The van der Waals surface area contributed by atoms with Crippen LogP contribution in [0.1, 0.15) is 11.7 Å². The van der Waals surface area contributed by atoms with Gasteiger partial charge in [-0.1, -0.05) is 18.2 Å². The number of carbonyl (C=O) groups is 1. The molecule has 1 aliphatic heterocycles. The first-order valence-corrected chi connectivity index (χ1v) is 7.18. The van der Waals surface area contributed by atoms with E-state index in [-0.39, 0.29) is 11.8 Å². The lowest BCUT2D eigenvalue weighted by molar-refractivity contribution is 0.203. The Morgan fingerprint density at radius 2 is 2.13 bits per heavy atom. The predicted molar refractivity (Wildman–Crippen MR) is 87.6 cm³/mol. The minimum absolute atomic E-state index is 0.251. The van der Waals surface area contributed by atoms with Crippen molar-refractivity contribution in [2.75, 3.05) is 12.8 Å². The van der Waals surface area contributed by atoms with Gasteiger partial charge in [0.1, 0.15) is 12.0 Å². The van der Waals surface area contributed by atoms with Crippen molar-refractivity contribution in [3.63, 3.8) is 0 Å². The van der Waals surface area contributed by atoms with Crippen LogP contribution in [0.2, 0.25) is 0 Å². The van der Waals surface area contributed by atoms with E-state index in [0.29, 0.717) is 11.3 Å². The van der Waals surface area contributed by atoms with E-state index in [2.05, 4.69) is 10.6 Å². The molecule has 0 spiro atoms. The van der Waals surface area contributed by atoms with Gasteiger partial charge in [0.2, 0.25) is 0 Å². The standard InChI is InChI=1S/C17H17FN4O/c1-20-17(23)22-8-7-21-16(22)14-6-5-12(18)10-15(14)11-3-2-4-13(19)9-11/h2-10,16,21H,19H2,1H3,(H,20,23). The smallest absolute Gasteiger partial charge is 0.323 e. The number of nitrogen functional groups attached to an aromatic ring is 1. The summed E-state index contributed by atoms with van der Waals surface area (Å²) in [6, 6.07) is 11.5. The highest BCUT2D eigenvalue weighted by atomic mass is 19.1. The van der Waals surface area contributed by atoms with Gasteiger partial charge in [-0.3, -0.25) is 4.90 Å². The summed E-state index contributed by atoms with van der Waals surface area (Å²) in [5.74, 6) is -0.344. The van der Waals surface area contributed by atoms with Crippen molar-refractivity contribution >= 4 is 11.7 Å². The van der Waals surface area contributed by atoms with Crippen molar-refractivity contribution in [2.45, 2.75) is 6.17 Å². The molecule has 4 N–H and O–H groups in total. The summed E-state index contributed by atoms with van der Waals surface area (Å²) < 4.78 is 13.8. The van der Waals surface area contributed by atoms with Crippen molar-refractivity contribution in [2.24, 2.45) is 0 Å². The topological polar surface area (TPSA) is 70.4 Å². The first-order valence-electron chi connectivity index (χ1n) is 7.18. The molecule has 6 heteroatoms. The van der Waals surface area contributed by atoms with E-state index in [9.17, 15) is 9.18 Å². The number of anilines is 1. The molecule has 5 nitrogen and oxygen atoms in total. The molecule has 118 valence electrons. The lowest BCUT2D eigenvalue weighted by Gasteiger charge is -2.26. The Kier molecular flexibility index (Phi) is 3.89. The molecule has 0 fully saturated rings. The highest BCUT2D eigenvalue weighted by molar-refractivity contribution is 5.77. The molecule has 2 aromatic carbocycles. The summed E-state index contributed by atoms with van der Waals surface area (Å²) in [5.41, 5.74) is 8.70. The number of carbonyl (C=O) groups excluding carboxylic acids is 1. The van der Waals surface area contributed by atoms with Gasteiger partial charge in [-0.15, -0.1) is 0 Å². The zero-order chi connectivity index (χ0) is 16.4. The fourth-order valence-corrected chi connectivity index (χ4v) is 2.66. The molecule has 0 aromatic heterocycles. The Hall–Kier alpha value is -3.02. The van der Waals surface area contributed by atoms with Gasteiger partial charge in [-0.25, -0.2) is 9.18 Å². The second-order valence-electron chi connectivity index (χ2n) is 5.20. The van der Waals surface area contributed by atoms with Crippen LogP contribution >= 0.6 is 0 Å². The average molecular weight is 312 g/mol. The van der Waals surface area contributed by atoms with E-state index in [1.54, 1.807) is 37.6 Å². The Balaban J connectivity index is 2.08. The van der Waals surface area contributed by atoms with Crippen LogP contribution in [-0.4, -0.2) is 18.0 Å². The highest BCUT2D eigenvalue weighted by Crippen LogP contribution is 2.33. The molecule has 0 aliphatic carbocycles. The first-order chi connectivity index (χ1) is 11.1. The summed E-state index contributed by atoms with van der Waals surface area (Å²) in [7, 11) is 1.56. The Morgan fingerprint density at radius 3 is 2.87 bits per heavy atom.